The molecule has 5 nitrogen and oxygen atoms in total. The van der Waals surface area contributed by atoms with E-state index in [9.17, 15) is 4.79 Å². The Morgan fingerprint density at radius 3 is 2.58 bits per heavy atom. The summed E-state index contributed by atoms with van der Waals surface area (Å²) in [4.78, 5) is 11.3. The van der Waals surface area contributed by atoms with Crippen LogP contribution in [0.2, 0.25) is 0 Å². The Morgan fingerprint density at radius 1 is 1.37 bits per heavy atom. The Morgan fingerprint density at radius 2 is 2.00 bits per heavy atom. The molecule has 0 saturated heterocycles. The average Bonchev–Trinajstić information content (AvgIpc) is 2.37. The van der Waals surface area contributed by atoms with Crippen LogP contribution >= 0.6 is 0 Å². The van der Waals surface area contributed by atoms with Crippen LogP contribution in [-0.2, 0) is 4.74 Å². The normalized spacial score (nSPS) is 13.3. The number of rotatable bonds is 5. The molecule has 1 unspecified atom stereocenters. The standard InChI is InChI=1S/C14H21N3O2/c1-5-19-13(18)15-14(3,4)17-16-11(2)12-9-7-6-8-10-12/h6-11H,5H2,1-4H3,(H,15,18)/b17-16+. The molecular weight excluding hydrogens is 242 g/mol. The van der Waals surface area contributed by atoms with Gasteiger partial charge >= 0.3 is 6.09 Å². The maximum Gasteiger partial charge on any atom is 0.409 e. The lowest BCUT2D eigenvalue weighted by Gasteiger charge is -2.20. The van der Waals surface area contributed by atoms with Crippen LogP contribution in [0.1, 0.15) is 39.3 Å². The third kappa shape index (κ3) is 5.50. The van der Waals surface area contributed by atoms with Gasteiger partial charge in [-0.3, -0.25) is 5.32 Å². The fraction of sp³-hybridized carbons (Fsp3) is 0.500. The zero-order valence-electron chi connectivity index (χ0n) is 11.9. The number of nitrogens with zero attached hydrogens (tertiary/aromatic N) is 2. The van der Waals surface area contributed by atoms with E-state index in [1.165, 1.54) is 0 Å². The second-order valence-corrected chi connectivity index (χ2v) is 4.71. The van der Waals surface area contributed by atoms with E-state index in [-0.39, 0.29) is 6.04 Å². The fourth-order valence-corrected chi connectivity index (χ4v) is 1.47. The minimum atomic E-state index is -0.782. The van der Waals surface area contributed by atoms with Gasteiger partial charge in [0.2, 0.25) is 0 Å². The molecule has 1 aromatic rings. The fourth-order valence-electron chi connectivity index (χ4n) is 1.47. The predicted molar refractivity (Wildman–Crippen MR) is 73.9 cm³/mol. The summed E-state index contributed by atoms with van der Waals surface area (Å²) in [6, 6.07) is 9.82. The van der Waals surface area contributed by atoms with Gasteiger partial charge in [0.05, 0.1) is 12.6 Å². The number of hydrogen-bond donors (Lipinski definition) is 1. The minimum Gasteiger partial charge on any atom is -0.450 e. The molecule has 0 aliphatic rings. The van der Waals surface area contributed by atoms with Crippen molar-refractivity contribution in [3.63, 3.8) is 0 Å². The molecule has 0 spiro atoms. The molecule has 1 atom stereocenters. The van der Waals surface area contributed by atoms with Crippen molar-refractivity contribution in [1.82, 2.24) is 5.32 Å². The topological polar surface area (TPSA) is 63.0 Å². The number of azo groups is 1. The Kier molecular flexibility index (Phi) is 5.48. The molecule has 1 amide bonds. The van der Waals surface area contributed by atoms with Crippen LogP contribution in [0.15, 0.2) is 40.6 Å². The van der Waals surface area contributed by atoms with Crippen LogP contribution < -0.4 is 5.32 Å². The third-order valence-electron chi connectivity index (χ3n) is 2.45. The van der Waals surface area contributed by atoms with Gasteiger partial charge in [-0.05, 0) is 33.3 Å². The summed E-state index contributed by atoms with van der Waals surface area (Å²) in [5, 5.41) is 11.0. The van der Waals surface area contributed by atoms with E-state index in [2.05, 4.69) is 15.5 Å². The van der Waals surface area contributed by atoms with Crippen molar-refractivity contribution in [3.8, 4) is 0 Å². The molecule has 5 heteroatoms. The SMILES string of the molecule is CCOC(=O)NC(C)(C)/N=N/C(C)c1ccccc1. The van der Waals surface area contributed by atoms with Gasteiger partial charge in [-0.15, -0.1) is 0 Å². The molecule has 0 saturated carbocycles. The van der Waals surface area contributed by atoms with E-state index in [1.54, 1.807) is 20.8 Å². The van der Waals surface area contributed by atoms with Gasteiger partial charge in [0.15, 0.2) is 0 Å². The van der Waals surface area contributed by atoms with Gasteiger partial charge in [-0.2, -0.15) is 10.2 Å². The number of benzene rings is 1. The number of nitrogens with one attached hydrogen (secondary N) is 1. The summed E-state index contributed by atoms with van der Waals surface area (Å²) in [6.07, 6.45) is -0.487. The Bertz CT molecular complexity index is 430. The molecule has 0 radical (unpaired) electrons. The molecule has 1 N–H and O–H groups in total. The third-order valence-corrected chi connectivity index (χ3v) is 2.45. The summed E-state index contributed by atoms with van der Waals surface area (Å²) < 4.78 is 4.82. The molecule has 1 rings (SSSR count). The molecule has 0 heterocycles. The van der Waals surface area contributed by atoms with Crippen LogP contribution in [0, 0.1) is 0 Å². The first-order chi connectivity index (χ1) is 8.94. The van der Waals surface area contributed by atoms with E-state index in [4.69, 9.17) is 4.74 Å². The number of amides is 1. The van der Waals surface area contributed by atoms with Gasteiger partial charge in [-0.25, -0.2) is 4.79 Å². The molecule has 0 aromatic heterocycles. The second kappa shape index (κ2) is 6.87. The average molecular weight is 263 g/mol. The maximum atomic E-state index is 11.3. The highest BCUT2D eigenvalue weighted by Gasteiger charge is 2.20. The molecule has 0 fully saturated rings. The quantitative estimate of drug-likeness (QED) is 0.823. The number of hydrogen-bond acceptors (Lipinski definition) is 4. The van der Waals surface area contributed by atoms with Gasteiger partial charge in [0, 0.05) is 0 Å². The molecule has 1 aromatic carbocycles. The molecule has 0 bridgehead atoms. The number of carbonyl (C=O) groups excluding carboxylic acids is 1. The van der Waals surface area contributed by atoms with E-state index < -0.39 is 11.8 Å². The van der Waals surface area contributed by atoms with E-state index in [0.717, 1.165) is 5.56 Å². The van der Waals surface area contributed by atoms with Crippen molar-refractivity contribution in [2.24, 2.45) is 10.2 Å². The zero-order chi connectivity index (χ0) is 14.3. The first kappa shape index (κ1) is 15.1. The van der Waals surface area contributed by atoms with Gasteiger partial charge < -0.3 is 4.74 Å². The summed E-state index contributed by atoms with van der Waals surface area (Å²) >= 11 is 0. The highest BCUT2D eigenvalue weighted by atomic mass is 16.5. The van der Waals surface area contributed by atoms with Crippen molar-refractivity contribution in [1.29, 1.82) is 0 Å². The molecule has 19 heavy (non-hydrogen) atoms. The molecular formula is C14H21N3O2. The molecule has 0 aliphatic heterocycles. The summed E-state index contributed by atoms with van der Waals surface area (Å²) in [5.74, 6) is 0. The smallest absolute Gasteiger partial charge is 0.409 e. The van der Waals surface area contributed by atoms with Crippen molar-refractivity contribution >= 4 is 6.09 Å². The molecule has 104 valence electrons. The molecule has 0 aliphatic carbocycles. The van der Waals surface area contributed by atoms with Crippen molar-refractivity contribution < 1.29 is 9.53 Å². The zero-order valence-corrected chi connectivity index (χ0v) is 11.9. The summed E-state index contributed by atoms with van der Waals surface area (Å²) in [7, 11) is 0. The number of alkyl carbamates (subject to hydrolysis) is 1. The highest BCUT2D eigenvalue weighted by Crippen LogP contribution is 2.18. The van der Waals surface area contributed by atoms with E-state index in [1.807, 2.05) is 37.3 Å². The Labute approximate surface area is 114 Å². The first-order valence-electron chi connectivity index (χ1n) is 6.36. The maximum absolute atomic E-state index is 11.3. The van der Waals surface area contributed by atoms with Gasteiger partial charge in [-0.1, -0.05) is 30.3 Å². The predicted octanol–water partition coefficient (Wildman–Crippen LogP) is 3.68. The Balaban J connectivity index is 2.61. The number of carbonyl (C=O) groups is 1. The van der Waals surface area contributed by atoms with Crippen LogP contribution in [0.4, 0.5) is 4.79 Å². The van der Waals surface area contributed by atoms with Crippen molar-refractivity contribution in [2.75, 3.05) is 6.61 Å². The van der Waals surface area contributed by atoms with Gasteiger partial charge in [0.1, 0.15) is 5.66 Å². The minimum absolute atomic E-state index is 0.0514. The second-order valence-electron chi connectivity index (χ2n) is 4.71. The lowest BCUT2D eigenvalue weighted by atomic mass is 10.1. The largest absolute Gasteiger partial charge is 0.450 e. The monoisotopic (exact) mass is 263 g/mol. The lowest BCUT2D eigenvalue weighted by molar-refractivity contribution is 0.141. The van der Waals surface area contributed by atoms with E-state index >= 15 is 0 Å². The Hall–Kier alpha value is -1.91. The lowest BCUT2D eigenvalue weighted by Crippen LogP contribution is -2.41. The van der Waals surface area contributed by atoms with Crippen LogP contribution in [0.3, 0.4) is 0 Å². The van der Waals surface area contributed by atoms with Crippen LogP contribution in [0.25, 0.3) is 0 Å². The van der Waals surface area contributed by atoms with Crippen LogP contribution in [-0.4, -0.2) is 18.4 Å². The highest BCUT2D eigenvalue weighted by molar-refractivity contribution is 5.67. The summed E-state index contributed by atoms with van der Waals surface area (Å²) in [6.45, 7) is 7.58. The number of ether oxygens (including phenoxy) is 1. The van der Waals surface area contributed by atoms with Crippen molar-refractivity contribution in [2.45, 2.75) is 39.4 Å². The van der Waals surface area contributed by atoms with E-state index in [0.29, 0.717) is 6.61 Å². The first-order valence-corrected chi connectivity index (χ1v) is 6.36. The summed E-state index contributed by atoms with van der Waals surface area (Å²) in [5.41, 5.74) is 0.299. The van der Waals surface area contributed by atoms with Crippen LogP contribution in [0.5, 0.6) is 0 Å². The van der Waals surface area contributed by atoms with Crippen molar-refractivity contribution in [3.05, 3.63) is 35.9 Å². The van der Waals surface area contributed by atoms with Gasteiger partial charge in [0.25, 0.3) is 0 Å².